The lowest BCUT2D eigenvalue weighted by atomic mass is 10.1. The van der Waals surface area contributed by atoms with Gasteiger partial charge in [0, 0.05) is 28.8 Å². The number of nitrogens with zero attached hydrogens (tertiary/aromatic N) is 3. The van der Waals surface area contributed by atoms with Gasteiger partial charge in [-0.05, 0) is 42.1 Å². The summed E-state index contributed by atoms with van der Waals surface area (Å²) in [4.78, 5) is 24.9. The number of rotatable bonds is 7. The number of carboxylic acids is 1. The topological polar surface area (TPSA) is 69.2 Å². The van der Waals surface area contributed by atoms with Crippen LogP contribution in [0.25, 0.3) is 21.9 Å². The number of halogens is 1. The largest absolute Gasteiger partial charge is 0.481 e. The predicted molar refractivity (Wildman–Crippen MR) is 122 cm³/mol. The lowest BCUT2D eigenvalue weighted by Crippen LogP contribution is -2.29. The van der Waals surface area contributed by atoms with Crippen molar-refractivity contribution in [2.45, 2.75) is 38.8 Å². The Balaban J connectivity index is 1.86. The van der Waals surface area contributed by atoms with Gasteiger partial charge >= 0.3 is 11.7 Å². The summed E-state index contributed by atoms with van der Waals surface area (Å²) in [5.41, 5.74) is 3.54. The summed E-state index contributed by atoms with van der Waals surface area (Å²) < 4.78 is 6.53. The second-order valence-electron chi connectivity index (χ2n) is 7.67. The van der Waals surface area contributed by atoms with Gasteiger partial charge in [0.05, 0.1) is 24.0 Å². The summed E-state index contributed by atoms with van der Waals surface area (Å²) >= 11 is 3.52. The fourth-order valence-electron chi connectivity index (χ4n) is 4.27. The molecule has 2 aromatic heterocycles. The quantitative estimate of drug-likeness (QED) is 0.417. The van der Waals surface area contributed by atoms with Gasteiger partial charge in [-0.15, -0.1) is 0 Å². The molecule has 4 rings (SSSR count). The lowest BCUT2D eigenvalue weighted by molar-refractivity contribution is -0.137. The van der Waals surface area contributed by atoms with Crippen molar-refractivity contribution in [1.29, 1.82) is 0 Å². The Morgan fingerprint density at radius 1 is 1.10 bits per heavy atom. The average Bonchev–Trinajstić information content (AvgIpc) is 3.16. The minimum atomic E-state index is -0.892. The zero-order chi connectivity index (χ0) is 21.4. The maximum atomic E-state index is 13.5. The molecule has 0 aliphatic heterocycles. The molecule has 30 heavy (non-hydrogen) atoms. The van der Waals surface area contributed by atoms with Crippen LogP contribution >= 0.6 is 15.9 Å². The fourth-order valence-corrected chi connectivity index (χ4v) is 4.62. The Hall–Kier alpha value is -2.80. The van der Waals surface area contributed by atoms with Crippen molar-refractivity contribution in [1.82, 2.24) is 13.7 Å². The first-order valence-corrected chi connectivity index (χ1v) is 10.9. The first kappa shape index (κ1) is 20.5. The first-order valence-electron chi connectivity index (χ1n) is 10.1. The van der Waals surface area contributed by atoms with Gasteiger partial charge < -0.3 is 9.67 Å². The molecule has 1 N–H and O–H groups in total. The van der Waals surface area contributed by atoms with E-state index in [1.807, 2.05) is 44.3 Å². The summed E-state index contributed by atoms with van der Waals surface area (Å²) in [6, 6.07) is 15.5. The number of carbonyl (C=O) groups is 1. The van der Waals surface area contributed by atoms with Crippen LogP contribution in [0.2, 0.25) is 0 Å². The van der Waals surface area contributed by atoms with Gasteiger partial charge in [-0.3, -0.25) is 13.9 Å². The van der Waals surface area contributed by atoms with Crippen LogP contribution in [0.5, 0.6) is 0 Å². The van der Waals surface area contributed by atoms with Crippen LogP contribution in [0.1, 0.15) is 37.9 Å². The van der Waals surface area contributed by atoms with Crippen LogP contribution in [-0.2, 0) is 18.4 Å². The van der Waals surface area contributed by atoms with E-state index in [1.54, 1.807) is 9.13 Å². The molecule has 0 bridgehead atoms. The van der Waals surface area contributed by atoms with E-state index in [1.165, 1.54) is 0 Å². The minimum absolute atomic E-state index is 0.0657. The highest BCUT2D eigenvalue weighted by Gasteiger charge is 2.22. The van der Waals surface area contributed by atoms with E-state index in [-0.39, 0.29) is 18.2 Å². The van der Waals surface area contributed by atoms with Crippen LogP contribution in [0.4, 0.5) is 0 Å². The second kappa shape index (κ2) is 8.14. The Morgan fingerprint density at radius 2 is 1.83 bits per heavy atom. The predicted octanol–water partition coefficient (Wildman–Crippen LogP) is 4.92. The maximum absolute atomic E-state index is 13.5. The number of para-hydroxylation sites is 2. The third kappa shape index (κ3) is 3.58. The Kier molecular flexibility index (Phi) is 5.56. The first-order chi connectivity index (χ1) is 14.4. The molecule has 0 amide bonds. The highest BCUT2D eigenvalue weighted by atomic mass is 79.9. The number of aliphatic carboxylic acids is 1. The summed E-state index contributed by atoms with van der Waals surface area (Å²) in [7, 11) is 2.00. The highest BCUT2D eigenvalue weighted by molar-refractivity contribution is 9.10. The van der Waals surface area contributed by atoms with E-state index in [4.69, 9.17) is 0 Å². The van der Waals surface area contributed by atoms with Crippen LogP contribution in [-0.4, -0.2) is 24.8 Å². The molecule has 1 atom stereocenters. The monoisotopic (exact) mass is 469 g/mol. The van der Waals surface area contributed by atoms with Gasteiger partial charge in [0.1, 0.15) is 0 Å². The third-order valence-corrected chi connectivity index (χ3v) is 6.19. The maximum Gasteiger partial charge on any atom is 0.329 e. The summed E-state index contributed by atoms with van der Waals surface area (Å²) in [5.74, 6) is -0.892. The fraction of sp³-hybridized carbons (Fsp3) is 0.304. The van der Waals surface area contributed by atoms with Gasteiger partial charge in [0.15, 0.2) is 0 Å². The molecule has 156 valence electrons. The van der Waals surface area contributed by atoms with E-state index in [0.717, 1.165) is 38.5 Å². The van der Waals surface area contributed by atoms with Crippen molar-refractivity contribution in [2.75, 3.05) is 0 Å². The van der Waals surface area contributed by atoms with Gasteiger partial charge in [-0.2, -0.15) is 0 Å². The standard InChI is InChI=1S/C23H24BrN3O3/c1-3-6-17(13-22(28)29)27-20-8-5-4-7-19(20)26(23(27)30)14-18-11-15-9-10-16(24)12-21(15)25(18)2/h4-5,7-12,17H,3,6,13-14H2,1-2H3,(H,28,29). The SMILES string of the molecule is CCCC(CC(=O)O)n1c(=O)n(Cc2cc3ccc(Br)cc3n2C)c2ccccc21. The van der Waals surface area contributed by atoms with E-state index in [9.17, 15) is 14.7 Å². The van der Waals surface area contributed by atoms with Crippen LogP contribution in [0.15, 0.2) is 57.8 Å². The number of fused-ring (bicyclic) bond motifs is 2. The normalized spacial score (nSPS) is 12.6. The number of carboxylic acid groups (broad SMARTS) is 1. The van der Waals surface area contributed by atoms with Crippen LogP contribution < -0.4 is 5.69 Å². The molecule has 0 aliphatic carbocycles. The van der Waals surface area contributed by atoms with Gasteiger partial charge in [-0.25, -0.2) is 4.79 Å². The highest BCUT2D eigenvalue weighted by Crippen LogP contribution is 2.26. The number of imidazole rings is 1. The third-order valence-electron chi connectivity index (χ3n) is 5.69. The Morgan fingerprint density at radius 3 is 2.53 bits per heavy atom. The average molecular weight is 470 g/mol. The number of hydrogen-bond acceptors (Lipinski definition) is 2. The lowest BCUT2D eigenvalue weighted by Gasteiger charge is -2.16. The minimum Gasteiger partial charge on any atom is -0.481 e. The molecule has 0 spiro atoms. The molecular weight excluding hydrogens is 446 g/mol. The number of aromatic nitrogens is 3. The molecular formula is C23H24BrN3O3. The van der Waals surface area contributed by atoms with Crippen LogP contribution in [0, 0.1) is 0 Å². The molecule has 0 aliphatic rings. The van der Waals surface area contributed by atoms with Gasteiger partial charge in [-0.1, -0.05) is 47.5 Å². The van der Waals surface area contributed by atoms with E-state index >= 15 is 0 Å². The molecule has 6 nitrogen and oxygen atoms in total. The molecule has 1 unspecified atom stereocenters. The molecule has 4 aromatic rings. The molecule has 0 radical (unpaired) electrons. The molecule has 2 heterocycles. The van der Waals surface area contributed by atoms with Gasteiger partial charge in [0.2, 0.25) is 0 Å². The van der Waals surface area contributed by atoms with E-state index < -0.39 is 5.97 Å². The molecule has 0 fully saturated rings. The number of benzene rings is 2. The van der Waals surface area contributed by atoms with Crippen molar-refractivity contribution in [3.63, 3.8) is 0 Å². The van der Waals surface area contributed by atoms with Crippen LogP contribution in [0.3, 0.4) is 0 Å². The summed E-state index contributed by atoms with van der Waals surface area (Å²) in [5, 5.41) is 10.5. The zero-order valence-corrected chi connectivity index (χ0v) is 18.6. The Labute approximate surface area is 182 Å². The van der Waals surface area contributed by atoms with E-state index in [2.05, 4.69) is 38.7 Å². The van der Waals surface area contributed by atoms with E-state index in [0.29, 0.717) is 13.0 Å². The number of aryl methyl sites for hydroxylation is 1. The van der Waals surface area contributed by atoms with Gasteiger partial charge in [0.25, 0.3) is 0 Å². The van der Waals surface area contributed by atoms with Crippen molar-refractivity contribution < 1.29 is 9.90 Å². The van der Waals surface area contributed by atoms with Crippen molar-refractivity contribution in [2.24, 2.45) is 7.05 Å². The summed E-state index contributed by atoms with van der Waals surface area (Å²) in [6.45, 7) is 2.42. The van der Waals surface area contributed by atoms with Crippen molar-refractivity contribution >= 4 is 43.8 Å². The zero-order valence-electron chi connectivity index (χ0n) is 17.0. The summed E-state index contributed by atoms with van der Waals surface area (Å²) in [6.07, 6.45) is 1.38. The van der Waals surface area contributed by atoms with Crippen molar-refractivity contribution in [3.05, 3.63) is 69.2 Å². The molecule has 2 aromatic carbocycles. The molecule has 0 saturated carbocycles. The number of hydrogen-bond donors (Lipinski definition) is 1. The molecule has 7 heteroatoms. The second-order valence-corrected chi connectivity index (χ2v) is 8.58. The smallest absolute Gasteiger partial charge is 0.329 e. The van der Waals surface area contributed by atoms with Crippen molar-refractivity contribution in [3.8, 4) is 0 Å². The Bertz CT molecular complexity index is 1300. The molecule has 0 saturated heterocycles.